The summed E-state index contributed by atoms with van der Waals surface area (Å²) in [6, 6.07) is 13.3. The van der Waals surface area contributed by atoms with Gasteiger partial charge < -0.3 is 4.42 Å². The van der Waals surface area contributed by atoms with Crippen molar-refractivity contribution in [3.8, 4) is 11.3 Å². The van der Waals surface area contributed by atoms with E-state index in [0.717, 1.165) is 21.9 Å². The molecule has 6 rings (SSSR count). The zero-order valence-corrected chi connectivity index (χ0v) is 20.4. The molecule has 3 heterocycles. The van der Waals surface area contributed by atoms with Crippen molar-refractivity contribution in [1.82, 2.24) is 4.98 Å². The summed E-state index contributed by atoms with van der Waals surface area (Å²) in [6.45, 7) is 11.8. The van der Waals surface area contributed by atoms with Crippen LogP contribution in [0.4, 0.5) is 0 Å². The molecule has 0 radical (unpaired) electrons. The van der Waals surface area contributed by atoms with E-state index >= 15 is 0 Å². The molecule has 0 N–H and O–H groups in total. The van der Waals surface area contributed by atoms with Crippen molar-refractivity contribution in [3.05, 3.63) is 71.7 Å². The van der Waals surface area contributed by atoms with Gasteiger partial charge in [0.25, 0.3) is 0 Å². The molecule has 5 aromatic rings. The number of nitrogens with zero attached hydrogens (tertiary/aromatic N) is 2. The fourth-order valence-corrected chi connectivity index (χ4v) is 5.90. The first-order chi connectivity index (χ1) is 15.7. The zero-order chi connectivity index (χ0) is 23.1. The smallest absolute Gasteiger partial charge is 0.220 e. The van der Waals surface area contributed by atoms with Crippen LogP contribution < -0.4 is 4.57 Å². The van der Waals surface area contributed by atoms with Crippen molar-refractivity contribution in [1.29, 1.82) is 0 Å². The van der Waals surface area contributed by atoms with Gasteiger partial charge in [0.2, 0.25) is 5.69 Å². The standard InChI is InChI=1S/C30H31N2O/c1-18-7-8-21-22-15-19-9-13-31-17-20(19)16-24(22)33-28(21)25(18)27-26-23(10-14-32(27)6)29(2,3)11-12-30(26,4)5/h7-10,13-17H,11-12H2,1-6H3/q+1. The minimum Gasteiger partial charge on any atom is -0.455 e. The Morgan fingerprint density at radius 2 is 1.70 bits per heavy atom. The number of furan rings is 1. The summed E-state index contributed by atoms with van der Waals surface area (Å²) in [5, 5.41) is 4.63. The van der Waals surface area contributed by atoms with Crippen molar-refractivity contribution in [2.45, 2.75) is 58.3 Å². The molecule has 0 bridgehead atoms. The monoisotopic (exact) mass is 435 g/mol. The highest BCUT2D eigenvalue weighted by Gasteiger charge is 2.43. The Balaban J connectivity index is 1.76. The largest absolute Gasteiger partial charge is 0.455 e. The van der Waals surface area contributed by atoms with E-state index in [9.17, 15) is 0 Å². The van der Waals surface area contributed by atoms with E-state index in [0.29, 0.717) is 0 Å². The number of rotatable bonds is 1. The molecule has 1 aliphatic carbocycles. The lowest BCUT2D eigenvalue weighted by molar-refractivity contribution is -0.661. The number of fused-ring (bicyclic) bond motifs is 5. The van der Waals surface area contributed by atoms with Crippen molar-refractivity contribution in [3.63, 3.8) is 0 Å². The molecular weight excluding hydrogens is 404 g/mol. The second-order valence-electron chi connectivity index (χ2n) is 11.1. The molecule has 3 nitrogen and oxygen atoms in total. The molecule has 166 valence electrons. The van der Waals surface area contributed by atoms with E-state index < -0.39 is 0 Å². The second-order valence-corrected chi connectivity index (χ2v) is 11.1. The third-order valence-electron chi connectivity index (χ3n) is 7.95. The predicted octanol–water partition coefficient (Wildman–Crippen LogP) is 7.28. The predicted molar refractivity (Wildman–Crippen MR) is 136 cm³/mol. The van der Waals surface area contributed by atoms with E-state index in [1.165, 1.54) is 51.6 Å². The number of aryl methyl sites for hydroxylation is 2. The molecule has 0 spiro atoms. The quantitative estimate of drug-likeness (QED) is 0.259. The van der Waals surface area contributed by atoms with Crippen molar-refractivity contribution >= 4 is 32.7 Å². The Morgan fingerprint density at radius 3 is 2.52 bits per heavy atom. The second kappa shape index (κ2) is 6.66. The Labute approximate surface area is 195 Å². The summed E-state index contributed by atoms with van der Waals surface area (Å²) in [5.74, 6) is 0. The summed E-state index contributed by atoms with van der Waals surface area (Å²) in [4.78, 5) is 4.30. The van der Waals surface area contributed by atoms with Gasteiger partial charge in [0, 0.05) is 40.2 Å². The first-order valence-corrected chi connectivity index (χ1v) is 11.9. The minimum atomic E-state index is 0.0974. The number of hydrogen-bond donors (Lipinski definition) is 0. The van der Waals surface area contributed by atoms with Crippen LogP contribution in [0.5, 0.6) is 0 Å². The topological polar surface area (TPSA) is 29.9 Å². The van der Waals surface area contributed by atoms with Crippen LogP contribution in [-0.4, -0.2) is 4.98 Å². The molecular formula is C30H31N2O+. The fourth-order valence-electron chi connectivity index (χ4n) is 5.90. The van der Waals surface area contributed by atoms with Gasteiger partial charge in [-0.05, 0) is 65.3 Å². The average molecular weight is 436 g/mol. The van der Waals surface area contributed by atoms with Crippen molar-refractivity contribution < 1.29 is 8.98 Å². The highest BCUT2D eigenvalue weighted by atomic mass is 16.3. The first-order valence-electron chi connectivity index (χ1n) is 11.9. The molecule has 1 aliphatic rings. The maximum absolute atomic E-state index is 6.65. The lowest BCUT2D eigenvalue weighted by atomic mass is 9.62. The lowest BCUT2D eigenvalue weighted by Crippen LogP contribution is -2.41. The molecule has 0 amide bonds. The third-order valence-corrected chi connectivity index (χ3v) is 7.95. The van der Waals surface area contributed by atoms with Crippen LogP contribution in [0.25, 0.3) is 44.0 Å². The molecule has 0 saturated carbocycles. The Bertz CT molecular complexity index is 1590. The van der Waals surface area contributed by atoms with Gasteiger partial charge in [-0.1, -0.05) is 39.8 Å². The van der Waals surface area contributed by atoms with Crippen LogP contribution in [0.2, 0.25) is 0 Å². The van der Waals surface area contributed by atoms with E-state index in [2.05, 4.69) is 93.8 Å². The van der Waals surface area contributed by atoms with Crippen LogP contribution in [0.1, 0.15) is 57.2 Å². The van der Waals surface area contributed by atoms with Crippen molar-refractivity contribution in [2.75, 3.05) is 0 Å². The summed E-state index contributed by atoms with van der Waals surface area (Å²) in [6.07, 6.45) is 8.38. The molecule has 0 saturated heterocycles. The fraction of sp³-hybridized carbons (Fsp3) is 0.333. The normalized spacial score (nSPS) is 17.0. The molecule has 33 heavy (non-hydrogen) atoms. The summed E-state index contributed by atoms with van der Waals surface area (Å²) < 4.78 is 8.95. The molecule has 3 aromatic heterocycles. The van der Waals surface area contributed by atoms with Gasteiger partial charge in [0.15, 0.2) is 6.20 Å². The first kappa shape index (κ1) is 20.4. The number of benzene rings is 2. The minimum absolute atomic E-state index is 0.0974. The summed E-state index contributed by atoms with van der Waals surface area (Å²) >= 11 is 0. The highest BCUT2D eigenvalue weighted by Crippen LogP contribution is 2.50. The number of pyridine rings is 2. The van der Waals surface area contributed by atoms with Gasteiger partial charge in [-0.25, -0.2) is 4.57 Å². The van der Waals surface area contributed by atoms with E-state index in [4.69, 9.17) is 4.42 Å². The lowest BCUT2D eigenvalue weighted by Gasteiger charge is -2.41. The van der Waals surface area contributed by atoms with Gasteiger partial charge in [0.05, 0.1) is 5.56 Å². The Kier molecular flexibility index (Phi) is 4.12. The molecule has 0 fully saturated rings. The summed E-state index contributed by atoms with van der Waals surface area (Å²) in [7, 11) is 2.17. The zero-order valence-electron chi connectivity index (χ0n) is 20.4. The molecule has 0 atom stereocenters. The van der Waals surface area contributed by atoms with Crippen LogP contribution >= 0.6 is 0 Å². The third kappa shape index (κ3) is 2.88. The van der Waals surface area contributed by atoms with Crippen LogP contribution in [0, 0.1) is 6.92 Å². The van der Waals surface area contributed by atoms with Gasteiger partial charge in [-0.2, -0.15) is 0 Å². The van der Waals surface area contributed by atoms with Gasteiger partial charge in [-0.3, -0.25) is 4.98 Å². The Morgan fingerprint density at radius 1 is 0.909 bits per heavy atom. The maximum atomic E-state index is 6.65. The average Bonchev–Trinajstić information content (AvgIpc) is 3.13. The number of hydrogen-bond acceptors (Lipinski definition) is 2. The van der Waals surface area contributed by atoms with Crippen molar-refractivity contribution in [2.24, 2.45) is 7.05 Å². The molecule has 2 aromatic carbocycles. The van der Waals surface area contributed by atoms with Crippen LogP contribution in [0.15, 0.2) is 59.4 Å². The van der Waals surface area contributed by atoms with Crippen LogP contribution in [-0.2, 0) is 17.9 Å². The van der Waals surface area contributed by atoms with Gasteiger partial charge >= 0.3 is 0 Å². The maximum Gasteiger partial charge on any atom is 0.220 e. The number of aromatic nitrogens is 2. The molecule has 0 unspecified atom stereocenters. The Hall–Kier alpha value is -3.20. The van der Waals surface area contributed by atoms with E-state index in [-0.39, 0.29) is 10.8 Å². The molecule has 0 aliphatic heterocycles. The van der Waals surface area contributed by atoms with Gasteiger partial charge in [0.1, 0.15) is 18.2 Å². The van der Waals surface area contributed by atoms with E-state index in [1.807, 2.05) is 12.4 Å². The molecule has 3 heteroatoms. The highest BCUT2D eigenvalue weighted by molar-refractivity contribution is 6.13. The van der Waals surface area contributed by atoms with Crippen LogP contribution in [0.3, 0.4) is 0 Å². The SMILES string of the molecule is Cc1ccc2c(oc3cc4cnccc4cc32)c1-c1c2c(cc[n+]1C)C(C)(C)CCC2(C)C. The summed E-state index contributed by atoms with van der Waals surface area (Å²) in [5.41, 5.74) is 8.85. The van der Waals surface area contributed by atoms with Gasteiger partial charge in [-0.15, -0.1) is 0 Å². The van der Waals surface area contributed by atoms with E-state index in [1.54, 1.807) is 0 Å².